The zero-order valence-electron chi connectivity index (χ0n) is 12.5. The van der Waals surface area contributed by atoms with Crippen LogP contribution in [-0.2, 0) is 0 Å². The summed E-state index contributed by atoms with van der Waals surface area (Å²) in [5.74, 6) is 3.03. The lowest BCUT2D eigenvalue weighted by atomic mass is 9.75. The van der Waals surface area contributed by atoms with Crippen molar-refractivity contribution in [1.29, 1.82) is 10.5 Å². The van der Waals surface area contributed by atoms with Gasteiger partial charge in [0.2, 0.25) is 0 Å². The molecule has 2 fully saturated rings. The summed E-state index contributed by atoms with van der Waals surface area (Å²) in [5, 5.41) is 17.6. The molecule has 2 aliphatic rings. The Balaban J connectivity index is 1.81. The van der Waals surface area contributed by atoms with Crippen molar-refractivity contribution in [1.82, 2.24) is 9.80 Å². The Morgan fingerprint density at radius 3 is 2.25 bits per heavy atom. The first-order chi connectivity index (χ1) is 9.74. The first-order valence-corrected chi connectivity index (χ1v) is 7.76. The van der Waals surface area contributed by atoms with Crippen LogP contribution in [0.2, 0.25) is 0 Å². The lowest BCUT2D eigenvalue weighted by Gasteiger charge is -2.40. The minimum Gasteiger partial charge on any atom is -0.291 e. The largest absolute Gasteiger partial charge is 0.291 e. The van der Waals surface area contributed by atoms with E-state index in [4.69, 9.17) is 10.5 Å². The lowest BCUT2D eigenvalue weighted by molar-refractivity contribution is 0.157. The summed E-state index contributed by atoms with van der Waals surface area (Å²) in [7, 11) is 0. The SMILES string of the molecule is C[C](C1CCN(CC#N)CC1)C1CCCN(CC#N)C1. The lowest BCUT2D eigenvalue weighted by Crippen LogP contribution is -2.41. The molecule has 20 heavy (non-hydrogen) atoms. The van der Waals surface area contributed by atoms with Crippen molar-refractivity contribution in [2.45, 2.75) is 32.6 Å². The summed E-state index contributed by atoms with van der Waals surface area (Å²) in [4.78, 5) is 4.55. The minimum absolute atomic E-state index is 0.574. The maximum atomic E-state index is 8.84. The van der Waals surface area contributed by atoms with Gasteiger partial charge in [-0.25, -0.2) is 0 Å². The molecule has 4 nitrogen and oxygen atoms in total. The summed E-state index contributed by atoms with van der Waals surface area (Å²) in [6, 6.07) is 4.52. The van der Waals surface area contributed by atoms with Gasteiger partial charge in [-0.1, -0.05) is 6.92 Å². The molecule has 0 spiro atoms. The maximum Gasteiger partial charge on any atom is 0.0866 e. The Hall–Kier alpha value is -1.10. The van der Waals surface area contributed by atoms with Crippen molar-refractivity contribution >= 4 is 0 Å². The van der Waals surface area contributed by atoms with Crippen LogP contribution in [0.25, 0.3) is 0 Å². The molecule has 109 valence electrons. The van der Waals surface area contributed by atoms with E-state index < -0.39 is 0 Å². The van der Waals surface area contributed by atoms with Crippen LogP contribution in [0.5, 0.6) is 0 Å². The second kappa shape index (κ2) is 7.62. The summed E-state index contributed by atoms with van der Waals surface area (Å²) >= 11 is 0. The fourth-order valence-corrected chi connectivity index (χ4v) is 3.65. The van der Waals surface area contributed by atoms with Gasteiger partial charge in [0.15, 0.2) is 0 Å². The van der Waals surface area contributed by atoms with Gasteiger partial charge < -0.3 is 0 Å². The van der Waals surface area contributed by atoms with E-state index >= 15 is 0 Å². The van der Waals surface area contributed by atoms with E-state index in [1.165, 1.54) is 25.7 Å². The average molecular weight is 273 g/mol. The van der Waals surface area contributed by atoms with Crippen molar-refractivity contribution in [3.05, 3.63) is 5.92 Å². The highest BCUT2D eigenvalue weighted by Gasteiger charge is 2.31. The molecule has 2 saturated heterocycles. The Kier molecular flexibility index (Phi) is 5.83. The molecule has 1 atom stereocenters. The summed E-state index contributed by atoms with van der Waals surface area (Å²) in [6.45, 7) is 7.74. The Bertz CT molecular complexity index is 373. The molecule has 0 aromatic heterocycles. The van der Waals surface area contributed by atoms with Crippen molar-refractivity contribution in [3.8, 4) is 12.1 Å². The first kappa shape index (κ1) is 15.3. The van der Waals surface area contributed by atoms with Crippen LogP contribution < -0.4 is 0 Å². The predicted octanol–water partition coefficient (Wildman–Crippen LogP) is 2.05. The van der Waals surface area contributed by atoms with E-state index in [9.17, 15) is 0 Å². The Morgan fingerprint density at radius 2 is 1.60 bits per heavy atom. The van der Waals surface area contributed by atoms with Crippen LogP contribution in [0.15, 0.2) is 0 Å². The third-order valence-corrected chi connectivity index (χ3v) is 4.97. The van der Waals surface area contributed by atoms with Crippen LogP contribution in [0.3, 0.4) is 0 Å². The molecule has 2 rings (SSSR count). The molecule has 0 amide bonds. The van der Waals surface area contributed by atoms with Gasteiger partial charge in [-0.15, -0.1) is 0 Å². The molecule has 0 aromatic carbocycles. The van der Waals surface area contributed by atoms with Crippen molar-refractivity contribution < 1.29 is 0 Å². The van der Waals surface area contributed by atoms with Crippen molar-refractivity contribution in [2.24, 2.45) is 11.8 Å². The fourth-order valence-electron chi connectivity index (χ4n) is 3.65. The smallest absolute Gasteiger partial charge is 0.0866 e. The van der Waals surface area contributed by atoms with E-state index in [1.54, 1.807) is 5.92 Å². The maximum absolute atomic E-state index is 8.84. The van der Waals surface area contributed by atoms with Crippen LogP contribution in [-0.4, -0.2) is 49.1 Å². The Labute approximate surface area is 123 Å². The third kappa shape index (κ3) is 3.95. The topological polar surface area (TPSA) is 54.1 Å². The molecule has 0 bridgehead atoms. The van der Waals surface area contributed by atoms with Crippen molar-refractivity contribution in [3.63, 3.8) is 0 Å². The quantitative estimate of drug-likeness (QED) is 0.736. The average Bonchev–Trinajstić information content (AvgIpc) is 2.48. The third-order valence-electron chi connectivity index (χ3n) is 4.97. The minimum atomic E-state index is 0.574. The molecule has 0 aromatic rings. The molecular weight excluding hydrogens is 248 g/mol. The molecule has 0 N–H and O–H groups in total. The summed E-state index contributed by atoms with van der Waals surface area (Å²) < 4.78 is 0. The van der Waals surface area contributed by atoms with Crippen LogP contribution in [0, 0.1) is 40.4 Å². The standard InChI is InChI=1S/C16H25N4/c1-14(15-4-9-19(10-5-15)11-6-17)16-3-2-8-20(13-16)12-7-18/h15-16H,2-5,8-13H2,1H3. The molecule has 2 heterocycles. The highest BCUT2D eigenvalue weighted by Crippen LogP contribution is 2.35. The zero-order chi connectivity index (χ0) is 14.4. The van der Waals surface area contributed by atoms with Crippen molar-refractivity contribution in [2.75, 3.05) is 39.3 Å². The van der Waals surface area contributed by atoms with Crippen LogP contribution in [0.4, 0.5) is 0 Å². The van der Waals surface area contributed by atoms with Gasteiger partial charge in [-0.2, -0.15) is 10.5 Å². The van der Waals surface area contributed by atoms with Gasteiger partial charge in [-0.05, 0) is 63.1 Å². The van der Waals surface area contributed by atoms with E-state index in [-0.39, 0.29) is 0 Å². The normalized spacial score (nSPS) is 26.3. The highest BCUT2D eigenvalue weighted by atomic mass is 15.1. The van der Waals surface area contributed by atoms with Gasteiger partial charge in [0.25, 0.3) is 0 Å². The number of piperidine rings is 2. The molecule has 0 aliphatic carbocycles. The van der Waals surface area contributed by atoms with Gasteiger partial charge >= 0.3 is 0 Å². The van der Waals surface area contributed by atoms with Gasteiger partial charge in [-0.3, -0.25) is 9.80 Å². The molecule has 1 radical (unpaired) electrons. The molecule has 1 unspecified atom stereocenters. The van der Waals surface area contributed by atoms with Gasteiger partial charge in [0.1, 0.15) is 0 Å². The van der Waals surface area contributed by atoms with E-state index in [0.717, 1.165) is 32.1 Å². The van der Waals surface area contributed by atoms with Gasteiger partial charge in [0.05, 0.1) is 25.2 Å². The predicted molar refractivity (Wildman–Crippen MR) is 78.5 cm³/mol. The fraction of sp³-hybridized carbons (Fsp3) is 0.812. The molecule has 2 aliphatic heterocycles. The number of rotatable bonds is 4. The van der Waals surface area contributed by atoms with Gasteiger partial charge in [0, 0.05) is 6.54 Å². The molecule has 0 saturated carbocycles. The van der Waals surface area contributed by atoms with Crippen LogP contribution in [0.1, 0.15) is 32.6 Å². The first-order valence-electron chi connectivity index (χ1n) is 7.76. The van der Waals surface area contributed by atoms with E-state index in [0.29, 0.717) is 19.0 Å². The summed E-state index contributed by atoms with van der Waals surface area (Å²) in [5.41, 5.74) is 0. The molecular formula is C16H25N4. The summed E-state index contributed by atoms with van der Waals surface area (Å²) in [6.07, 6.45) is 4.90. The number of likely N-dealkylation sites (tertiary alicyclic amines) is 2. The molecule has 4 heteroatoms. The Morgan fingerprint density at radius 1 is 0.950 bits per heavy atom. The van der Waals surface area contributed by atoms with E-state index in [1.807, 2.05) is 0 Å². The number of hydrogen-bond acceptors (Lipinski definition) is 4. The monoisotopic (exact) mass is 273 g/mol. The van der Waals surface area contributed by atoms with E-state index in [2.05, 4.69) is 28.9 Å². The number of nitrogens with zero attached hydrogens (tertiary/aromatic N) is 4. The second-order valence-corrected chi connectivity index (χ2v) is 6.18. The van der Waals surface area contributed by atoms with Crippen LogP contribution >= 0.6 is 0 Å². The zero-order valence-corrected chi connectivity index (χ0v) is 12.5. The number of nitriles is 2. The number of hydrogen-bond donors (Lipinski definition) is 0. The highest BCUT2D eigenvalue weighted by molar-refractivity contribution is 5.03. The second-order valence-electron chi connectivity index (χ2n) is 6.18.